The van der Waals surface area contributed by atoms with Crippen LogP contribution in [0.3, 0.4) is 0 Å². The zero-order valence-corrected chi connectivity index (χ0v) is 13.6. The monoisotopic (exact) mass is 356 g/mol. The average molecular weight is 357 g/mol. The number of ether oxygens (including phenoxy) is 1. The molecule has 0 atom stereocenters. The van der Waals surface area contributed by atoms with Gasteiger partial charge in [0, 0.05) is 24.1 Å². The van der Waals surface area contributed by atoms with Gasteiger partial charge >= 0.3 is 0 Å². The molecule has 0 unspecified atom stereocenters. The molecule has 7 heteroatoms. The van der Waals surface area contributed by atoms with E-state index in [1.807, 2.05) is 0 Å². The molecule has 5 nitrogen and oxygen atoms in total. The van der Waals surface area contributed by atoms with E-state index in [4.69, 9.17) is 4.74 Å². The Kier molecular flexibility index (Phi) is 4.39. The van der Waals surface area contributed by atoms with E-state index in [9.17, 15) is 9.90 Å². The van der Waals surface area contributed by atoms with E-state index in [1.165, 1.54) is 23.8 Å². The summed E-state index contributed by atoms with van der Waals surface area (Å²) in [5.41, 5.74) is 0.512. The maximum absolute atomic E-state index is 12.1. The Morgan fingerprint density at radius 1 is 1.50 bits per heavy atom. The number of benzene rings is 1. The first kappa shape index (κ1) is 14.9. The lowest BCUT2D eigenvalue weighted by Crippen LogP contribution is -2.23. The van der Waals surface area contributed by atoms with Gasteiger partial charge in [-0.15, -0.1) is 0 Å². The number of halogens is 1. The van der Waals surface area contributed by atoms with Gasteiger partial charge < -0.3 is 9.84 Å². The molecule has 1 heterocycles. The molecule has 0 radical (unpaired) electrons. The van der Waals surface area contributed by atoms with E-state index >= 15 is 0 Å². The van der Waals surface area contributed by atoms with Gasteiger partial charge in [-0.25, -0.2) is 0 Å². The van der Waals surface area contributed by atoms with Crippen molar-refractivity contribution < 1.29 is 14.6 Å². The Bertz CT molecular complexity index is 628. The lowest BCUT2D eigenvalue weighted by atomic mass is 10.1. The van der Waals surface area contributed by atoms with E-state index in [2.05, 4.69) is 20.9 Å². The molecule has 1 N–H and O–H groups in total. The molecule has 1 saturated heterocycles. The van der Waals surface area contributed by atoms with Gasteiger partial charge in [-0.3, -0.25) is 14.7 Å². The third-order valence-electron chi connectivity index (χ3n) is 2.77. The molecule has 1 aromatic carbocycles. The van der Waals surface area contributed by atoms with E-state index in [0.717, 1.165) is 4.47 Å². The second kappa shape index (κ2) is 5.88. The Labute approximate surface area is 129 Å². The lowest BCUT2D eigenvalue weighted by Gasteiger charge is -2.07. The van der Waals surface area contributed by atoms with Gasteiger partial charge in [0.05, 0.1) is 12.0 Å². The molecule has 20 heavy (non-hydrogen) atoms. The number of aliphatic imine (C=N–C) groups is 1. The number of thioether (sulfide) groups is 1. The van der Waals surface area contributed by atoms with Crippen molar-refractivity contribution in [1.29, 1.82) is 0 Å². The Morgan fingerprint density at radius 3 is 2.75 bits per heavy atom. The Balaban J connectivity index is 2.47. The van der Waals surface area contributed by atoms with Gasteiger partial charge in [-0.1, -0.05) is 15.9 Å². The summed E-state index contributed by atoms with van der Waals surface area (Å²) in [6.45, 7) is 0. The molecule has 0 aliphatic carbocycles. The third-order valence-corrected chi connectivity index (χ3v) is 4.38. The number of amides is 1. The van der Waals surface area contributed by atoms with Crippen LogP contribution in [0.1, 0.15) is 5.56 Å². The van der Waals surface area contributed by atoms with Crippen LogP contribution in [0.5, 0.6) is 11.5 Å². The second-order valence-electron chi connectivity index (χ2n) is 4.03. The number of methoxy groups -OCH3 is 1. The smallest absolute Gasteiger partial charge is 0.266 e. The predicted octanol–water partition coefficient (Wildman–Crippen LogP) is 2.70. The molecule has 0 saturated carbocycles. The highest BCUT2D eigenvalue weighted by atomic mass is 79.9. The topological polar surface area (TPSA) is 62.1 Å². The number of rotatable bonds is 2. The van der Waals surface area contributed by atoms with Crippen LogP contribution in [0.2, 0.25) is 0 Å². The fraction of sp³-hybridized carbons (Fsp3) is 0.231. The van der Waals surface area contributed by atoms with Crippen LogP contribution in [-0.4, -0.2) is 42.3 Å². The maximum atomic E-state index is 12.1. The number of amidine groups is 1. The molecule has 1 fully saturated rings. The molecule has 0 aromatic heterocycles. The lowest BCUT2D eigenvalue weighted by molar-refractivity contribution is -0.121. The minimum atomic E-state index is -0.144. The van der Waals surface area contributed by atoms with Crippen LogP contribution in [0, 0.1) is 0 Å². The van der Waals surface area contributed by atoms with Gasteiger partial charge in [0.2, 0.25) is 0 Å². The number of nitrogens with zero attached hydrogens (tertiary/aromatic N) is 2. The van der Waals surface area contributed by atoms with E-state index in [-0.39, 0.29) is 11.7 Å². The first-order valence-corrected chi connectivity index (χ1v) is 7.29. The summed E-state index contributed by atoms with van der Waals surface area (Å²) in [5.74, 6) is 0.203. The fourth-order valence-corrected chi connectivity index (χ4v) is 3.12. The summed E-state index contributed by atoms with van der Waals surface area (Å²) in [6, 6.07) is 3.38. The van der Waals surface area contributed by atoms with Gasteiger partial charge in [0.15, 0.2) is 16.7 Å². The number of aromatic hydroxyl groups is 1. The summed E-state index contributed by atoms with van der Waals surface area (Å²) in [4.78, 5) is 18.1. The molecule has 1 aliphatic heterocycles. The molecule has 1 aliphatic rings. The standard InChI is InChI=1S/C13H13BrN2O3S/c1-15-13-16(2)12(18)10(20-13)5-7-4-8(14)6-9(19-3)11(7)17/h4-6,17H,1-3H3/b10-5-,15-13?. The zero-order valence-electron chi connectivity index (χ0n) is 11.2. The average Bonchev–Trinajstić information content (AvgIpc) is 2.70. The molecule has 2 rings (SSSR count). The first-order valence-electron chi connectivity index (χ1n) is 5.68. The summed E-state index contributed by atoms with van der Waals surface area (Å²) in [6.07, 6.45) is 1.63. The van der Waals surface area contributed by atoms with Crippen LogP contribution < -0.4 is 4.74 Å². The highest BCUT2D eigenvalue weighted by Crippen LogP contribution is 2.38. The van der Waals surface area contributed by atoms with Gasteiger partial charge in [0.25, 0.3) is 5.91 Å². The first-order chi connectivity index (χ1) is 9.47. The van der Waals surface area contributed by atoms with Crippen molar-refractivity contribution in [3.63, 3.8) is 0 Å². The minimum absolute atomic E-state index is 0.00106. The van der Waals surface area contributed by atoms with Crippen LogP contribution in [0.4, 0.5) is 0 Å². The number of carbonyl (C=O) groups excluding carboxylic acids is 1. The molecule has 1 amide bonds. The molecular weight excluding hydrogens is 344 g/mol. The van der Waals surface area contributed by atoms with Gasteiger partial charge in [-0.2, -0.15) is 0 Å². The SMILES string of the molecule is CN=C1S/C(=C\c2cc(Br)cc(OC)c2O)C(=O)N1C. The van der Waals surface area contributed by atoms with Crippen molar-refractivity contribution in [2.24, 2.45) is 4.99 Å². The number of phenolic OH excluding ortho intramolecular Hbond substituents is 1. The van der Waals surface area contributed by atoms with Crippen LogP contribution >= 0.6 is 27.7 Å². The van der Waals surface area contributed by atoms with Crippen molar-refractivity contribution in [3.8, 4) is 11.5 Å². The Morgan fingerprint density at radius 2 is 2.20 bits per heavy atom. The predicted molar refractivity (Wildman–Crippen MR) is 84.1 cm³/mol. The van der Waals surface area contributed by atoms with Gasteiger partial charge in [0.1, 0.15) is 0 Å². The number of hydrogen-bond acceptors (Lipinski definition) is 5. The Hall–Kier alpha value is -1.47. The molecular formula is C13H13BrN2O3S. The quantitative estimate of drug-likeness (QED) is 0.827. The largest absolute Gasteiger partial charge is 0.504 e. The number of likely N-dealkylation sites (N-methyl/N-ethyl adjacent to an activating group) is 1. The van der Waals surface area contributed by atoms with E-state index in [1.54, 1.807) is 32.3 Å². The van der Waals surface area contributed by atoms with E-state index < -0.39 is 0 Å². The zero-order chi connectivity index (χ0) is 14.9. The number of hydrogen-bond donors (Lipinski definition) is 1. The molecule has 0 spiro atoms. The molecule has 1 aromatic rings. The minimum Gasteiger partial charge on any atom is -0.504 e. The van der Waals surface area contributed by atoms with Gasteiger partial charge in [-0.05, 0) is 30.0 Å². The normalized spacial score (nSPS) is 19.2. The third kappa shape index (κ3) is 2.69. The van der Waals surface area contributed by atoms with E-state index in [0.29, 0.717) is 21.4 Å². The van der Waals surface area contributed by atoms with Crippen LogP contribution in [0.15, 0.2) is 26.5 Å². The van der Waals surface area contributed by atoms with Crippen molar-refractivity contribution >= 4 is 44.8 Å². The van der Waals surface area contributed by atoms with Crippen molar-refractivity contribution in [1.82, 2.24) is 4.90 Å². The van der Waals surface area contributed by atoms with Crippen LogP contribution in [-0.2, 0) is 4.79 Å². The highest BCUT2D eigenvalue weighted by Gasteiger charge is 2.30. The van der Waals surface area contributed by atoms with Crippen molar-refractivity contribution in [2.45, 2.75) is 0 Å². The molecule has 0 bridgehead atoms. The summed E-state index contributed by atoms with van der Waals surface area (Å²) in [7, 11) is 4.78. The summed E-state index contributed by atoms with van der Waals surface area (Å²) in [5, 5.41) is 10.7. The summed E-state index contributed by atoms with van der Waals surface area (Å²) < 4.78 is 5.84. The second-order valence-corrected chi connectivity index (χ2v) is 5.95. The molecule has 106 valence electrons. The highest BCUT2D eigenvalue weighted by molar-refractivity contribution is 9.10. The maximum Gasteiger partial charge on any atom is 0.266 e. The number of carbonyl (C=O) groups is 1. The fourth-order valence-electron chi connectivity index (χ4n) is 1.75. The summed E-state index contributed by atoms with van der Waals surface area (Å²) >= 11 is 4.61. The van der Waals surface area contributed by atoms with Crippen molar-refractivity contribution in [3.05, 3.63) is 27.1 Å². The number of phenols is 1. The van der Waals surface area contributed by atoms with Crippen LogP contribution in [0.25, 0.3) is 6.08 Å². The van der Waals surface area contributed by atoms with Crippen molar-refractivity contribution in [2.75, 3.05) is 21.2 Å².